The standard InChI is InChI=1S/C29H34N4O3/c1-3-4-7-18-36-25-9-6-5-8-23(25)29(14-15-29)32-26-28(35)33(17-16-30-26)24-19-21(11-10-20(24)2)27(34)31-22-12-13-22/h5-6,8-11,16-17,19,22H,3-4,7,12-15,18H2,1-2H3,(H,30,32)(H,31,34). The number of carbonyl (C=O) groups excluding carboxylic acids is 1. The molecule has 36 heavy (non-hydrogen) atoms. The van der Waals surface area contributed by atoms with Gasteiger partial charge in [0.25, 0.3) is 11.5 Å². The number of rotatable bonds is 11. The molecular formula is C29H34N4O3. The van der Waals surface area contributed by atoms with E-state index in [1.807, 2.05) is 31.2 Å². The van der Waals surface area contributed by atoms with Crippen LogP contribution in [0.1, 0.15) is 73.4 Å². The summed E-state index contributed by atoms with van der Waals surface area (Å²) in [5.74, 6) is 1.05. The first-order valence-corrected chi connectivity index (χ1v) is 13.0. The van der Waals surface area contributed by atoms with E-state index in [-0.39, 0.29) is 23.0 Å². The summed E-state index contributed by atoms with van der Waals surface area (Å²) in [6.07, 6.45) is 10.4. The first kappa shape index (κ1) is 24.1. The Morgan fingerprint density at radius 2 is 1.97 bits per heavy atom. The van der Waals surface area contributed by atoms with E-state index < -0.39 is 0 Å². The molecule has 2 fully saturated rings. The van der Waals surface area contributed by atoms with Crippen LogP contribution in [0, 0.1) is 6.92 Å². The van der Waals surface area contributed by atoms with E-state index in [1.165, 1.54) is 0 Å². The molecular weight excluding hydrogens is 452 g/mol. The second-order valence-electron chi connectivity index (χ2n) is 9.96. The summed E-state index contributed by atoms with van der Waals surface area (Å²) in [6.45, 7) is 4.80. The highest BCUT2D eigenvalue weighted by atomic mass is 16.5. The van der Waals surface area contributed by atoms with Crippen LogP contribution in [0.2, 0.25) is 0 Å². The van der Waals surface area contributed by atoms with Crippen LogP contribution < -0.4 is 20.9 Å². The highest BCUT2D eigenvalue weighted by Gasteiger charge is 2.47. The minimum atomic E-state index is -0.367. The molecule has 1 heterocycles. The molecule has 2 aromatic carbocycles. The summed E-state index contributed by atoms with van der Waals surface area (Å²) < 4.78 is 7.70. The Kier molecular flexibility index (Phi) is 6.81. The minimum Gasteiger partial charge on any atom is -0.493 e. The van der Waals surface area contributed by atoms with E-state index in [2.05, 4.69) is 28.6 Å². The molecule has 0 saturated heterocycles. The Bertz CT molecular complexity index is 1310. The molecule has 7 heteroatoms. The summed E-state index contributed by atoms with van der Waals surface area (Å²) in [5.41, 5.74) is 2.59. The molecule has 0 radical (unpaired) electrons. The molecule has 0 atom stereocenters. The van der Waals surface area contributed by atoms with E-state index in [4.69, 9.17) is 4.74 Å². The quantitative estimate of drug-likeness (QED) is 0.368. The Morgan fingerprint density at radius 3 is 2.72 bits per heavy atom. The molecule has 3 aromatic rings. The first-order valence-electron chi connectivity index (χ1n) is 13.0. The molecule has 1 aromatic heterocycles. The number of anilines is 1. The number of carbonyl (C=O) groups is 1. The van der Waals surface area contributed by atoms with Gasteiger partial charge in [-0.05, 0) is 62.8 Å². The summed E-state index contributed by atoms with van der Waals surface area (Å²) in [6, 6.07) is 13.8. The van der Waals surface area contributed by atoms with E-state index >= 15 is 0 Å². The molecule has 2 saturated carbocycles. The van der Waals surface area contributed by atoms with Gasteiger partial charge in [-0.25, -0.2) is 4.98 Å². The highest BCUT2D eigenvalue weighted by Crippen LogP contribution is 2.50. The largest absolute Gasteiger partial charge is 0.493 e. The second-order valence-corrected chi connectivity index (χ2v) is 9.96. The molecule has 5 rings (SSSR count). The number of hydrogen-bond donors (Lipinski definition) is 2. The van der Waals surface area contributed by atoms with Crippen molar-refractivity contribution in [1.82, 2.24) is 14.9 Å². The lowest BCUT2D eigenvalue weighted by atomic mass is 10.0. The third-order valence-electron chi connectivity index (χ3n) is 7.00. The van der Waals surface area contributed by atoms with Crippen molar-refractivity contribution in [3.63, 3.8) is 0 Å². The van der Waals surface area contributed by atoms with Crippen molar-refractivity contribution < 1.29 is 9.53 Å². The Hall–Kier alpha value is -3.61. The lowest BCUT2D eigenvalue weighted by Crippen LogP contribution is -2.29. The molecule has 188 valence electrons. The molecule has 0 unspecified atom stereocenters. The number of nitrogens with one attached hydrogen (secondary N) is 2. The zero-order valence-electron chi connectivity index (χ0n) is 21.0. The third-order valence-corrected chi connectivity index (χ3v) is 7.00. The normalized spacial score (nSPS) is 15.8. The molecule has 7 nitrogen and oxygen atoms in total. The minimum absolute atomic E-state index is 0.105. The van der Waals surface area contributed by atoms with Crippen LogP contribution in [0.5, 0.6) is 5.75 Å². The SMILES string of the molecule is CCCCCOc1ccccc1C1(Nc2nccn(-c3cc(C(=O)NC4CC4)ccc3C)c2=O)CC1. The number of aryl methyl sites for hydroxylation is 1. The van der Waals surface area contributed by atoms with Crippen LogP contribution in [0.3, 0.4) is 0 Å². The number of aromatic nitrogens is 2. The number of para-hydroxylation sites is 1. The predicted octanol–water partition coefficient (Wildman–Crippen LogP) is 5.10. The zero-order valence-corrected chi connectivity index (χ0v) is 21.0. The van der Waals surface area contributed by atoms with Gasteiger partial charge in [0, 0.05) is 29.6 Å². The van der Waals surface area contributed by atoms with Gasteiger partial charge < -0.3 is 15.4 Å². The fourth-order valence-electron chi connectivity index (χ4n) is 4.53. The Morgan fingerprint density at radius 1 is 1.17 bits per heavy atom. The van der Waals surface area contributed by atoms with Crippen molar-refractivity contribution in [2.75, 3.05) is 11.9 Å². The van der Waals surface area contributed by atoms with E-state index in [9.17, 15) is 9.59 Å². The maximum Gasteiger partial charge on any atom is 0.297 e. The van der Waals surface area contributed by atoms with Crippen LogP contribution >= 0.6 is 0 Å². The zero-order chi connectivity index (χ0) is 25.1. The van der Waals surface area contributed by atoms with Crippen LogP contribution in [-0.2, 0) is 5.54 Å². The van der Waals surface area contributed by atoms with Crippen LogP contribution in [0.15, 0.2) is 59.7 Å². The summed E-state index contributed by atoms with van der Waals surface area (Å²) in [7, 11) is 0. The fraction of sp³-hybridized carbons (Fsp3) is 0.414. The van der Waals surface area contributed by atoms with Gasteiger partial charge in [0.05, 0.1) is 17.8 Å². The molecule has 0 bridgehead atoms. The van der Waals surface area contributed by atoms with E-state index in [0.717, 1.165) is 61.8 Å². The first-order chi connectivity index (χ1) is 17.5. The summed E-state index contributed by atoms with van der Waals surface area (Å²) in [4.78, 5) is 30.6. The van der Waals surface area contributed by atoms with Gasteiger partial charge in [-0.15, -0.1) is 0 Å². The van der Waals surface area contributed by atoms with Gasteiger partial charge in [0.15, 0.2) is 5.82 Å². The van der Waals surface area contributed by atoms with Crippen LogP contribution in [0.25, 0.3) is 5.69 Å². The monoisotopic (exact) mass is 486 g/mol. The van der Waals surface area contributed by atoms with Crippen LogP contribution in [-0.4, -0.2) is 28.1 Å². The topological polar surface area (TPSA) is 85.2 Å². The van der Waals surface area contributed by atoms with Crippen molar-refractivity contribution in [3.8, 4) is 11.4 Å². The van der Waals surface area contributed by atoms with Gasteiger partial charge in [0.2, 0.25) is 0 Å². The maximum atomic E-state index is 13.6. The number of nitrogens with zero attached hydrogens (tertiary/aromatic N) is 2. The average molecular weight is 487 g/mol. The van der Waals surface area contributed by atoms with E-state index in [0.29, 0.717) is 23.7 Å². The Labute approximate surface area is 211 Å². The molecule has 2 aliphatic rings. The van der Waals surface area contributed by atoms with E-state index in [1.54, 1.807) is 29.1 Å². The van der Waals surface area contributed by atoms with Gasteiger partial charge >= 0.3 is 0 Å². The van der Waals surface area contributed by atoms with Crippen molar-refractivity contribution in [2.45, 2.75) is 70.4 Å². The maximum absolute atomic E-state index is 13.6. The van der Waals surface area contributed by atoms with Crippen molar-refractivity contribution in [3.05, 3.63) is 81.9 Å². The molecule has 0 spiro atoms. The van der Waals surface area contributed by atoms with Gasteiger partial charge in [0.1, 0.15) is 5.75 Å². The number of benzene rings is 2. The lowest BCUT2D eigenvalue weighted by Gasteiger charge is -2.22. The molecule has 1 amide bonds. The molecule has 2 aliphatic carbocycles. The van der Waals surface area contributed by atoms with Crippen LogP contribution in [0.4, 0.5) is 5.82 Å². The Balaban J connectivity index is 1.41. The van der Waals surface area contributed by atoms with Gasteiger partial charge in [-0.1, -0.05) is 44.0 Å². The lowest BCUT2D eigenvalue weighted by molar-refractivity contribution is 0.0951. The van der Waals surface area contributed by atoms with Crippen molar-refractivity contribution >= 4 is 11.7 Å². The van der Waals surface area contributed by atoms with Gasteiger partial charge in [-0.2, -0.15) is 0 Å². The predicted molar refractivity (Wildman–Crippen MR) is 141 cm³/mol. The van der Waals surface area contributed by atoms with Gasteiger partial charge in [-0.3, -0.25) is 14.2 Å². The second kappa shape index (κ2) is 10.2. The molecule has 2 N–H and O–H groups in total. The number of unbranched alkanes of at least 4 members (excludes halogenated alkanes) is 2. The highest BCUT2D eigenvalue weighted by molar-refractivity contribution is 5.95. The van der Waals surface area contributed by atoms with Crippen molar-refractivity contribution in [2.24, 2.45) is 0 Å². The molecule has 0 aliphatic heterocycles. The average Bonchev–Trinajstić information content (AvgIpc) is 3.82. The summed E-state index contributed by atoms with van der Waals surface area (Å²) in [5, 5.41) is 6.47. The number of hydrogen-bond acceptors (Lipinski definition) is 5. The number of amides is 1. The fourth-order valence-corrected chi connectivity index (χ4v) is 4.53. The summed E-state index contributed by atoms with van der Waals surface area (Å²) >= 11 is 0. The smallest absolute Gasteiger partial charge is 0.297 e. The van der Waals surface area contributed by atoms with Crippen molar-refractivity contribution in [1.29, 1.82) is 0 Å². The third kappa shape index (κ3) is 5.15. The number of ether oxygens (including phenoxy) is 1.